The molecule has 1 saturated heterocycles. The van der Waals surface area contributed by atoms with Gasteiger partial charge in [0.25, 0.3) is 0 Å². The summed E-state index contributed by atoms with van der Waals surface area (Å²) in [5.74, 6) is 0. The molecule has 0 saturated carbocycles. The number of ether oxygens (including phenoxy) is 2. The molecule has 1 heterocycles. The van der Waals surface area contributed by atoms with E-state index >= 15 is 0 Å². The van der Waals surface area contributed by atoms with Crippen LogP contribution < -0.4 is 5.73 Å². The SMILES string of the molecule is C1COCCO1.NC1C=CCC1. The fourth-order valence-corrected chi connectivity index (χ4v) is 1.10. The Balaban J connectivity index is 0.000000120. The zero-order valence-electron chi connectivity index (χ0n) is 7.37. The van der Waals surface area contributed by atoms with Crippen LogP contribution in [-0.2, 0) is 9.47 Å². The largest absolute Gasteiger partial charge is 0.377 e. The van der Waals surface area contributed by atoms with Crippen molar-refractivity contribution >= 4 is 0 Å². The van der Waals surface area contributed by atoms with Gasteiger partial charge in [-0.25, -0.2) is 0 Å². The molecule has 0 aromatic carbocycles. The lowest BCUT2D eigenvalue weighted by atomic mass is 10.3. The molecule has 0 bridgehead atoms. The van der Waals surface area contributed by atoms with Crippen LogP contribution in [0.4, 0.5) is 0 Å². The second-order valence-corrected chi connectivity index (χ2v) is 2.89. The summed E-state index contributed by atoms with van der Waals surface area (Å²) in [6.45, 7) is 3.11. The van der Waals surface area contributed by atoms with Gasteiger partial charge in [0.2, 0.25) is 0 Å². The molecule has 0 aromatic heterocycles. The van der Waals surface area contributed by atoms with Crippen LogP contribution in [0.2, 0.25) is 0 Å². The zero-order valence-corrected chi connectivity index (χ0v) is 7.37. The number of rotatable bonds is 0. The quantitative estimate of drug-likeness (QED) is 0.545. The van der Waals surface area contributed by atoms with Gasteiger partial charge in [-0.1, -0.05) is 12.2 Å². The number of hydrogen-bond acceptors (Lipinski definition) is 3. The highest BCUT2D eigenvalue weighted by molar-refractivity contribution is 4.98. The minimum atomic E-state index is 0.366. The molecule has 70 valence electrons. The summed E-state index contributed by atoms with van der Waals surface area (Å²) in [6, 6.07) is 0.366. The van der Waals surface area contributed by atoms with E-state index in [4.69, 9.17) is 15.2 Å². The van der Waals surface area contributed by atoms with Crippen LogP contribution in [-0.4, -0.2) is 32.5 Å². The Labute approximate surface area is 73.5 Å². The third kappa shape index (κ3) is 4.49. The molecule has 2 aliphatic rings. The molecule has 1 aliphatic carbocycles. The lowest BCUT2D eigenvalue weighted by Gasteiger charge is -2.09. The molecule has 1 unspecified atom stereocenters. The molecule has 0 radical (unpaired) electrons. The van der Waals surface area contributed by atoms with Crippen LogP contribution in [0.3, 0.4) is 0 Å². The van der Waals surface area contributed by atoms with Gasteiger partial charge in [0.1, 0.15) is 0 Å². The van der Waals surface area contributed by atoms with Crippen molar-refractivity contribution in [1.29, 1.82) is 0 Å². The van der Waals surface area contributed by atoms with Crippen molar-refractivity contribution in [2.45, 2.75) is 18.9 Å². The van der Waals surface area contributed by atoms with E-state index in [0.717, 1.165) is 32.8 Å². The van der Waals surface area contributed by atoms with Crippen LogP contribution in [0, 0.1) is 0 Å². The Bertz CT molecular complexity index is 121. The van der Waals surface area contributed by atoms with E-state index in [-0.39, 0.29) is 0 Å². The first-order valence-corrected chi connectivity index (χ1v) is 4.47. The molecular weight excluding hydrogens is 154 g/mol. The van der Waals surface area contributed by atoms with Gasteiger partial charge in [0, 0.05) is 6.04 Å². The fourth-order valence-electron chi connectivity index (χ4n) is 1.10. The van der Waals surface area contributed by atoms with Gasteiger partial charge in [-0.05, 0) is 12.8 Å². The zero-order chi connectivity index (χ0) is 8.65. The van der Waals surface area contributed by atoms with Crippen molar-refractivity contribution in [1.82, 2.24) is 0 Å². The van der Waals surface area contributed by atoms with Crippen LogP contribution >= 0.6 is 0 Å². The van der Waals surface area contributed by atoms with Gasteiger partial charge < -0.3 is 15.2 Å². The molecule has 0 amide bonds. The topological polar surface area (TPSA) is 44.5 Å². The molecule has 1 atom stereocenters. The first-order chi connectivity index (χ1) is 5.89. The second-order valence-electron chi connectivity index (χ2n) is 2.89. The predicted octanol–water partition coefficient (Wildman–Crippen LogP) is 0.697. The highest BCUT2D eigenvalue weighted by Gasteiger charge is 1.99. The van der Waals surface area contributed by atoms with E-state index in [9.17, 15) is 0 Å². The van der Waals surface area contributed by atoms with Crippen molar-refractivity contribution < 1.29 is 9.47 Å². The summed E-state index contributed by atoms with van der Waals surface area (Å²) in [7, 11) is 0. The van der Waals surface area contributed by atoms with Crippen molar-refractivity contribution in [2.75, 3.05) is 26.4 Å². The molecule has 1 aliphatic heterocycles. The van der Waals surface area contributed by atoms with E-state index in [1.165, 1.54) is 6.42 Å². The van der Waals surface area contributed by atoms with E-state index in [1.54, 1.807) is 0 Å². The maximum atomic E-state index is 5.45. The monoisotopic (exact) mass is 171 g/mol. The summed E-state index contributed by atoms with van der Waals surface area (Å²) >= 11 is 0. The van der Waals surface area contributed by atoms with E-state index < -0.39 is 0 Å². The maximum absolute atomic E-state index is 5.45. The highest BCUT2D eigenvalue weighted by atomic mass is 16.6. The van der Waals surface area contributed by atoms with Crippen LogP contribution in [0.25, 0.3) is 0 Å². The lowest BCUT2D eigenvalue weighted by molar-refractivity contribution is -0.0334. The molecule has 0 aromatic rings. The maximum Gasteiger partial charge on any atom is 0.0701 e. The Kier molecular flexibility index (Phi) is 4.99. The fraction of sp³-hybridized carbons (Fsp3) is 0.778. The van der Waals surface area contributed by atoms with Gasteiger partial charge in [-0.15, -0.1) is 0 Å². The first kappa shape index (κ1) is 9.71. The van der Waals surface area contributed by atoms with Crippen molar-refractivity contribution in [2.24, 2.45) is 5.73 Å². The Morgan fingerprint density at radius 1 is 1.08 bits per heavy atom. The summed E-state index contributed by atoms with van der Waals surface area (Å²) in [4.78, 5) is 0. The summed E-state index contributed by atoms with van der Waals surface area (Å²) < 4.78 is 9.89. The van der Waals surface area contributed by atoms with Gasteiger partial charge >= 0.3 is 0 Å². The third-order valence-corrected chi connectivity index (χ3v) is 1.79. The van der Waals surface area contributed by atoms with Crippen molar-refractivity contribution in [3.8, 4) is 0 Å². The van der Waals surface area contributed by atoms with Crippen LogP contribution in [0.15, 0.2) is 12.2 Å². The molecule has 0 spiro atoms. The van der Waals surface area contributed by atoms with E-state index in [0.29, 0.717) is 6.04 Å². The average molecular weight is 171 g/mol. The van der Waals surface area contributed by atoms with Gasteiger partial charge in [0.05, 0.1) is 26.4 Å². The van der Waals surface area contributed by atoms with Crippen LogP contribution in [0.1, 0.15) is 12.8 Å². The second kappa shape index (κ2) is 6.17. The Morgan fingerprint density at radius 3 is 1.83 bits per heavy atom. The summed E-state index contributed by atoms with van der Waals surface area (Å²) in [5, 5.41) is 0. The molecule has 1 fully saturated rings. The van der Waals surface area contributed by atoms with Crippen LogP contribution in [0.5, 0.6) is 0 Å². The van der Waals surface area contributed by atoms with E-state index in [1.807, 2.05) is 0 Å². The van der Waals surface area contributed by atoms with E-state index in [2.05, 4.69) is 12.2 Å². The molecule has 12 heavy (non-hydrogen) atoms. The number of hydrogen-bond donors (Lipinski definition) is 1. The standard InChI is InChI=1S/C5H9N.C4H8O2/c6-5-3-1-2-4-5;1-2-6-4-3-5-1/h1,3,5H,2,4,6H2;1-4H2. The highest BCUT2D eigenvalue weighted by Crippen LogP contribution is 2.04. The number of allylic oxidation sites excluding steroid dienone is 1. The minimum absolute atomic E-state index is 0.366. The van der Waals surface area contributed by atoms with Crippen molar-refractivity contribution in [3.63, 3.8) is 0 Å². The van der Waals surface area contributed by atoms with Gasteiger partial charge in [-0.3, -0.25) is 0 Å². The lowest BCUT2D eigenvalue weighted by Crippen LogP contribution is -2.16. The smallest absolute Gasteiger partial charge is 0.0701 e. The molecule has 2 N–H and O–H groups in total. The normalized spacial score (nSPS) is 27.9. The summed E-state index contributed by atoms with van der Waals surface area (Å²) in [6.07, 6.45) is 6.52. The Hall–Kier alpha value is -0.380. The third-order valence-electron chi connectivity index (χ3n) is 1.79. The Morgan fingerprint density at radius 2 is 1.67 bits per heavy atom. The van der Waals surface area contributed by atoms with Gasteiger partial charge in [0.15, 0.2) is 0 Å². The number of nitrogens with two attached hydrogens (primary N) is 1. The van der Waals surface area contributed by atoms with Crippen molar-refractivity contribution in [3.05, 3.63) is 12.2 Å². The minimum Gasteiger partial charge on any atom is -0.377 e. The average Bonchev–Trinajstić information content (AvgIpc) is 2.60. The molecule has 3 nitrogen and oxygen atoms in total. The summed E-state index contributed by atoms with van der Waals surface area (Å²) in [5.41, 5.74) is 5.45. The molecule has 3 heteroatoms. The molecular formula is C9H17NO2. The predicted molar refractivity (Wildman–Crippen MR) is 48.0 cm³/mol. The van der Waals surface area contributed by atoms with Gasteiger partial charge in [-0.2, -0.15) is 0 Å². The molecule has 2 rings (SSSR count). The first-order valence-electron chi connectivity index (χ1n) is 4.47.